The quantitative estimate of drug-likeness (QED) is 0.176. The molecule has 0 saturated heterocycles. The van der Waals surface area contributed by atoms with Crippen LogP contribution in [0.3, 0.4) is 0 Å². The molecule has 0 amide bonds. The van der Waals surface area contributed by atoms with Crippen molar-refractivity contribution in [2.75, 3.05) is 4.90 Å². The molecule has 0 radical (unpaired) electrons. The van der Waals surface area contributed by atoms with Crippen LogP contribution in [0.4, 0.5) is 17.1 Å². The van der Waals surface area contributed by atoms with E-state index >= 15 is 0 Å². The fraction of sp³-hybridized carbons (Fsp3) is 0. The zero-order valence-corrected chi connectivity index (χ0v) is 30.9. The van der Waals surface area contributed by atoms with E-state index in [2.05, 4.69) is 181 Å². The van der Waals surface area contributed by atoms with Crippen LogP contribution in [0.1, 0.15) is 0 Å². The molecule has 4 heteroatoms. The molecule has 0 bridgehead atoms. The number of para-hydroxylation sites is 1. The lowest BCUT2D eigenvalue weighted by Crippen LogP contribution is -2.10. The van der Waals surface area contributed by atoms with Crippen LogP contribution >= 0.6 is 11.3 Å². The van der Waals surface area contributed by atoms with Crippen LogP contribution in [0.2, 0.25) is 0 Å². The number of fused-ring (bicyclic) bond motifs is 11. The van der Waals surface area contributed by atoms with E-state index in [-0.39, 0.29) is 0 Å². The van der Waals surface area contributed by atoms with Gasteiger partial charge in [0.2, 0.25) is 0 Å². The predicted octanol–water partition coefficient (Wildman–Crippen LogP) is 15.8. The molecule has 0 aliphatic heterocycles. The van der Waals surface area contributed by atoms with E-state index in [0.29, 0.717) is 0 Å². The second kappa shape index (κ2) is 12.2. The van der Waals surface area contributed by atoms with Gasteiger partial charge in [0.15, 0.2) is 0 Å². The van der Waals surface area contributed by atoms with E-state index in [0.717, 1.165) is 66.3 Å². The van der Waals surface area contributed by atoms with Gasteiger partial charge in [0.05, 0.1) is 11.1 Å². The summed E-state index contributed by atoms with van der Waals surface area (Å²) < 4.78 is 16.0. The minimum Gasteiger partial charge on any atom is -0.456 e. The SMILES string of the molecule is c1ccc(-c2ccc(N(c3ccc4c(c3)oc3ccccc34)c3cccc4oc5cc(-c6cccc7sc8ccccc8c67)c6ccccc6c5c34)cc2)cc1. The van der Waals surface area contributed by atoms with Crippen molar-refractivity contribution in [2.45, 2.75) is 0 Å². The summed E-state index contributed by atoms with van der Waals surface area (Å²) in [6.07, 6.45) is 0. The molecule has 0 atom stereocenters. The summed E-state index contributed by atoms with van der Waals surface area (Å²) in [6.45, 7) is 0. The lowest BCUT2D eigenvalue weighted by atomic mass is 9.92. The Hall–Kier alpha value is -7.14. The Morgan fingerprint density at radius 3 is 1.86 bits per heavy atom. The minimum absolute atomic E-state index is 0.842. The summed E-state index contributed by atoms with van der Waals surface area (Å²) in [5.41, 5.74) is 11.3. The van der Waals surface area contributed by atoms with Crippen molar-refractivity contribution >= 4 is 103 Å². The average Bonchev–Trinajstić information content (AvgIpc) is 3.95. The molecule has 0 unspecified atom stereocenters. The molecular weight excluding hydrogens is 703 g/mol. The number of furan rings is 2. The largest absolute Gasteiger partial charge is 0.456 e. The molecular formula is C52H31NO2S. The summed E-state index contributed by atoms with van der Waals surface area (Å²) in [7, 11) is 0. The van der Waals surface area contributed by atoms with Gasteiger partial charge in [-0.15, -0.1) is 11.3 Å². The second-order valence-electron chi connectivity index (χ2n) is 14.4. The standard InChI is InChI=1S/C52H31NO2S/c1-2-12-32(13-3-1)33-24-26-34(27-25-33)53(35-28-29-38-37-15-6-8-20-44(37)54-46(38)30-35)43-19-11-21-45-52(43)51-39-16-5-4-14-36(39)42(31-47(51)55-45)40-18-10-23-49-50(40)41-17-7-9-22-48(41)56-49/h1-31H. The molecule has 0 aliphatic carbocycles. The third-order valence-electron chi connectivity index (χ3n) is 11.3. The topological polar surface area (TPSA) is 29.5 Å². The highest BCUT2D eigenvalue weighted by Crippen LogP contribution is 2.49. The number of benzene rings is 9. The third kappa shape index (κ3) is 4.70. The first-order chi connectivity index (χ1) is 27.8. The van der Waals surface area contributed by atoms with Crippen LogP contribution in [0.15, 0.2) is 197 Å². The zero-order valence-electron chi connectivity index (χ0n) is 30.1. The highest BCUT2D eigenvalue weighted by molar-refractivity contribution is 7.25. The molecule has 12 rings (SSSR count). The Morgan fingerprint density at radius 2 is 0.982 bits per heavy atom. The number of nitrogens with zero attached hydrogens (tertiary/aromatic N) is 1. The molecule has 0 spiro atoms. The first-order valence-electron chi connectivity index (χ1n) is 18.9. The Morgan fingerprint density at radius 1 is 0.339 bits per heavy atom. The Kier molecular flexibility index (Phi) is 6.80. The number of rotatable bonds is 5. The zero-order chi connectivity index (χ0) is 36.7. The van der Waals surface area contributed by atoms with E-state index in [4.69, 9.17) is 8.83 Å². The van der Waals surface area contributed by atoms with Crippen molar-refractivity contribution in [3.05, 3.63) is 188 Å². The van der Waals surface area contributed by atoms with Crippen LogP contribution in [-0.2, 0) is 0 Å². The van der Waals surface area contributed by atoms with Gasteiger partial charge in [-0.1, -0.05) is 121 Å². The van der Waals surface area contributed by atoms with E-state index in [1.807, 2.05) is 23.5 Å². The average molecular weight is 734 g/mol. The fourth-order valence-corrected chi connectivity index (χ4v) is 9.92. The molecule has 12 aromatic rings. The highest BCUT2D eigenvalue weighted by Gasteiger charge is 2.24. The molecule has 0 N–H and O–H groups in total. The van der Waals surface area contributed by atoms with Gasteiger partial charge in [0.1, 0.15) is 22.3 Å². The second-order valence-corrected chi connectivity index (χ2v) is 15.5. The number of hydrogen-bond acceptors (Lipinski definition) is 4. The maximum Gasteiger partial charge on any atom is 0.137 e. The van der Waals surface area contributed by atoms with Crippen LogP contribution < -0.4 is 4.90 Å². The third-order valence-corrected chi connectivity index (χ3v) is 12.4. The smallest absolute Gasteiger partial charge is 0.137 e. The first-order valence-corrected chi connectivity index (χ1v) is 19.7. The first kappa shape index (κ1) is 31.2. The molecule has 3 heterocycles. The summed E-state index contributed by atoms with van der Waals surface area (Å²) in [5.74, 6) is 0. The van der Waals surface area contributed by atoms with Crippen molar-refractivity contribution in [3.63, 3.8) is 0 Å². The van der Waals surface area contributed by atoms with Gasteiger partial charge in [-0.2, -0.15) is 0 Å². The van der Waals surface area contributed by atoms with Crippen LogP contribution in [0.25, 0.3) is 97.1 Å². The van der Waals surface area contributed by atoms with Gasteiger partial charge in [0.25, 0.3) is 0 Å². The van der Waals surface area contributed by atoms with E-state index in [1.54, 1.807) is 0 Å². The summed E-state index contributed by atoms with van der Waals surface area (Å²) in [4.78, 5) is 2.35. The van der Waals surface area contributed by atoms with Gasteiger partial charge < -0.3 is 13.7 Å². The molecule has 56 heavy (non-hydrogen) atoms. The maximum atomic E-state index is 6.91. The summed E-state index contributed by atoms with van der Waals surface area (Å²) in [5, 5.41) is 9.33. The van der Waals surface area contributed by atoms with Gasteiger partial charge in [-0.05, 0) is 93.7 Å². The Labute approximate surface area is 325 Å². The number of thiophene rings is 1. The molecule has 0 aliphatic rings. The predicted molar refractivity (Wildman–Crippen MR) is 237 cm³/mol. The van der Waals surface area contributed by atoms with Gasteiger partial charge in [-0.25, -0.2) is 0 Å². The molecule has 3 nitrogen and oxygen atoms in total. The van der Waals surface area contributed by atoms with Crippen molar-refractivity contribution in [1.29, 1.82) is 0 Å². The minimum atomic E-state index is 0.842. The Bertz CT molecular complexity index is 3480. The van der Waals surface area contributed by atoms with Crippen molar-refractivity contribution in [2.24, 2.45) is 0 Å². The fourth-order valence-electron chi connectivity index (χ4n) is 8.79. The van der Waals surface area contributed by atoms with Gasteiger partial charge in [-0.3, -0.25) is 0 Å². The van der Waals surface area contributed by atoms with E-state index < -0.39 is 0 Å². The van der Waals surface area contributed by atoms with Crippen LogP contribution in [0, 0.1) is 0 Å². The van der Waals surface area contributed by atoms with Gasteiger partial charge in [0, 0.05) is 53.8 Å². The van der Waals surface area contributed by atoms with Crippen molar-refractivity contribution in [3.8, 4) is 22.3 Å². The highest BCUT2D eigenvalue weighted by atomic mass is 32.1. The molecule has 0 saturated carbocycles. The van der Waals surface area contributed by atoms with Crippen molar-refractivity contribution < 1.29 is 8.83 Å². The molecule has 262 valence electrons. The van der Waals surface area contributed by atoms with Crippen LogP contribution in [-0.4, -0.2) is 0 Å². The van der Waals surface area contributed by atoms with E-state index in [1.165, 1.54) is 47.8 Å². The Balaban J connectivity index is 1.12. The normalized spacial score (nSPS) is 11.9. The number of anilines is 3. The molecule has 0 fully saturated rings. The monoisotopic (exact) mass is 733 g/mol. The van der Waals surface area contributed by atoms with E-state index in [9.17, 15) is 0 Å². The lowest BCUT2D eigenvalue weighted by Gasteiger charge is -2.26. The summed E-state index contributed by atoms with van der Waals surface area (Å²) in [6, 6.07) is 67.1. The maximum absolute atomic E-state index is 6.91. The molecule has 3 aromatic heterocycles. The van der Waals surface area contributed by atoms with Crippen LogP contribution in [0.5, 0.6) is 0 Å². The summed E-state index contributed by atoms with van der Waals surface area (Å²) >= 11 is 1.85. The number of hydrogen-bond donors (Lipinski definition) is 0. The van der Waals surface area contributed by atoms with Gasteiger partial charge >= 0.3 is 0 Å². The lowest BCUT2D eigenvalue weighted by molar-refractivity contribution is 0.669. The molecule has 9 aromatic carbocycles. The van der Waals surface area contributed by atoms with Crippen molar-refractivity contribution in [1.82, 2.24) is 0 Å².